The van der Waals surface area contributed by atoms with E-state index in [1.807, 2.05) is 42.7 Å². The smallest absolute Gasteiger partial charge is 0.298 e. The number of nitrogens with zero attached hydrogens (tertiary/aromatic N) is 3. The van der Waals surface area contributed by atoms with Crippen LogP contribution in [0.25, 0.3) is 22.6 Å². The fourth-order valence-corrected chi connectivity index (χ4v) is 3.09. The van der Waals surface area contributed by atoms with Crippen LogP contribution in [0.5, 0.6) is 0 Å². The van der Waals surface area contributed by atoms with E-state index in [0.29, 0.717) is 5.65 Å². The van der Waals surface area contributed by atoms with E-state index in [1.54, 1.807) is 15.2 Å². The van der Waals surface area contributed by atoms with Gasteiger partial charge in [-0.3, -0.25) is 9.36 Å². The van der Waals surface area contributed by atoms with E-state index in [4.69, 9.17) is 0 Å². The Morgan fingerprint density at radius 2 is 1.72 bits per heavy atom. The number of hydrogen-bond donors (Lipinski definition) is 0. The van der Waals surface area contributed by atoms with E-state index < -0.39 is 0 Å². The summed E-state index contributed by atoms with van der Waals surface area (Å²) in [4.78, 5) is 17.4. The Morgan fingerprint density at radius 1 is 0.960 bits per heavy atom. The molecule has 0 radical (unpaired) electrons. The van der Waals surface area contributed by atoms with Gasteiger partial charge in [-0.2, -0.15) is 0 Å². The first-order valence-corrected chi connectivity index (χ1v) is 8.76. The molecule has 4 aromatic rings. The van der Waals surface area contributed by atoms with Gasteiger partial charge in [0.2, 0.25) is 5.65 Å². The molecule has 0 aliphatic rings. The molecule has 2 aromatic carbocycles. The van der Waals surface area contributed by atoms with Gasteiger partial charge in [-0.25, -0.2) is 4.98 Å². The van der Waals surface area contributed by atoms with Crippen LogP contribution in [-0.4, -0.2) is 14.0 Å². The minimum atomic E-state index is -0.139. The summed E-state index contributed by atoms with van der Waals surface area (Å²) in [5, 5.41) is 0. The highest BCUT2D eigenvalue weighted by molar-refractivity contribution is 9.10. The Kier molecular flexibility index (Phi) is 3.81. The molecule has 0 atom stereocenters. The fourth-order valence-electron chi connectivity index (χ4n) is 2.82. The number of fused-ring (bicyclic) bond motifs is 1. The quantitative estimate of drug-likeness (QED) is 0.501. The topological polar surface area (TPSA) is 39.3 Å². The van der Waals surface area contributed by atoms with Crippen LogP contribution in [0.15, 0.2) is 70.3 Å². The second kappa shape index (κ2) is 6.01. The molecule has 0 amide bonds. The predicted molar refractivity (Wildman–Crippen MR) is 103 cm³/mol. The van der Waals surface area contributed by atoms with E-state index in [2.05, 4.69) is 46.9 Å². The molecule has 0 saturated carbocycles. The molecule has 0 N–H and O–H groups in total. The Morgan fingerprint density at radius 3 is 2.44 bits per heavy atom. The third-order valence-electron chi connectivity index (χ3n) is 4.43. The van der Waals surface area contributed by atoms with Gasteiger partial charge in [0.05, 0.1) is 5.69 Å². The lowest BCUT2D eigenvalue weighted by Gasteiger charge is -2.05. The van der Waals surface area contributed by atoms with Crippen LogP contribution in [0.3, 0.4) is 0 Å². The Balaban J connectivity index is 1.86. The lowest BCUT2D eigenvalue weighted by Crippen LogP contribution is -2.19. The van der Waals surface area contributed by atoms with Gasteiger partial charge >= 0.3 is 0 Å². The van der Waals surface area contributed by atoms with E-state index in [9.17, 15) is 4.79 Å². The molecule has 2 aromatic heterocycles. The van der Waals surface area contributed by atoms with Crippen molar-refractivity contribution in [3.05, 3.63) is 87.0 Å². The Bertz CT molecular complexity index is 1140. The molecule has 124 valence electrons. The van der Waals surface area contributed by atoms with E-state index in [0.717, 1.165) is 21.4 Å². The molecule has 0 aliphatic carbocycles. The number of rotatable bonds is 2. The molecule has 0 saturated heterocycles. The fraction of sp³-hybridized carbons (Fsp3) is 0.100. The van der Waals surface area contributed by atoms with Crippen molar-refractivity contribution in [2.75, 3.05) is 0 Å². The SMILES string of the molecule is Cc1ccc(-c2cn3ccn(-c4ccc(Br)cc4)c(=O)c3n2)cc1C. The van der Waals surface area contributed by atoms with E-state index >= 15 is 0 Å². The number of benzene rings is 2. The number of imidazole rings is 1. The largest absolute Gasteiger partial charge is 0.300 e. The third-order valence-corrected chi connectivity index (χ3v) is 4.95. The van der Waals surface area contributed by atoms with Gasteiger partial charge in [-0.15, -0.1) is 0 Å². The van der Waals surface area contributed by atoms with Crippen LogP contribution >= 0.6 is 15.9 Å². The van der Waals surface area contributed by atoms with Crippen molar-refractivity contribution in [2.24, 2.45) is 0 Å². The van der Waals surface area contributed by atoms with Gasteiger partial charge < -0.3 is 4.40 Å². The summed E-state index contributed by atoms with van der Waals surface area (Å²) < 4.78 is 4.37. The molecule has 0 fully saturated rings. The zero-order valence-corrected chi connectivity index (χ0v) is 15.5. The van der Waals surface area contributed by atoms with E-state index in [1.165, 1.54) is 11.1 Å². The zero-order valence-electron chi connectivity index (χ0n) is 13.9. The number of aryl methyl sites for hydroxylation is 2. The Labute approximate surface area is 153 Å². The first-order chi connectivity index (χ1) is 12.0. The zero-order chi connectivity index (χ0) is 17.6. The van der Waals surface area contributed by atoms with Crippen molar-refractivity contribution >= 4 is 21.6 Å². The van der Waals surface area contributed by atoms with Gasteiger partial charge in [0.25, 0.3) is 5.56 Å². The minimum absolute atomic E-state index is 0.139. The minimum Gasteiger partial charge on any atom is -0.300 e. The molecular weight excluding hydrogens is 378 g/mol. The molecule has 0 aliphatic heterocycles. The molecule has 25 heavy (non-hydrogen) atoms. The average Bonchev–Trinajstić information content (AvgIpc) is 3.04. The number of hydrogen-bond acceptors (Lipinski definition) is 2. The van der Waals surface area contributed by atoms with Gasteiger partial charge in [-0.05, 0) is 55.3 Å². The summed E-state index contributed by atoms with van der Waals surface area (Å²) in [5.41, 5.74) is 5.35. The van der Waals surface area contributed by atoms with Crippen molar-refractivity contribution < 1.29 is 0 Å². The van der Waals surface area contributed by atoms with Crippen LogP contribution in [0.4, 0.5) is 0 Å². The number of aromatic nitrogens is 3. The van der Waals surface area contributed by atoms with Crippen molar-refractivity contribution in [2.45, 2.75) is 13.8 Å². The van der Waals surface area contributed by atoms with Crippen LogP contribution < -0.4 is 5.56 Å². The molecule has 0 spiro atoms. The molecule has 5 heteroatoms. The third kappa shape index (κ3) is 2.81. The van der Waals surface area contributed by atoms with Gasteiger partial charge in [0.15, 0.2) is 0 Å². The van der Waals surface area contributed by atoms with Gasteiger partial charge in [0, 0.05) is 34.3 Å². The monoisotopic (exact) mass is 393 g/mol. The normalized spacial score (nSPS) is 11.2. The highest BCUT2D eigenvalue weighted by Gasteiger charge is 2.10. The second-order valence-electron chi connectivity index (χ2n) is 6.11. The Hall–Kier alpha value is -2.66. The number of halogens is 1. The van der Waals surface area contributed by atoms with Crippen molar-refractivity contribution in [3.8, 4) is 16.9 Å². The van der Waals surface area contributed by atoms with Crippen molar-refractivity contribution in [1.29, 1.82) is 0 Å². The predicted octanol–water partition coefficient (Wildman–Crippen LogP) is 4.53. The second-order valence-corrected chi connectivity index (χ2v) is 7.02. The molecule has 0 unspecified atom stereocenters. The molecular formula is C20H16BrN3O. The lowest BCUT2D eigenvalue weighted by atomic mass is 10.1. The summed E-state index contributed by atoms with van der Waals surface area (Å²) in [7, 11) is 0. The van der Waals surface area contributed by atoms with Crippen LogP contribution in [0.2, 0.25) is 0 Å². The van der Waals surface area contributed by atoms with Gasteiger partial charge in [0.1, 0.15) is 0 Å². The maximum absolute atomic E-state index is 12.8. The lowest BCUT2D eigenvalue weighted by molar-refractivity contribution is 0.949. The molecule has 0 bridgehead atoms. The highest BCUT2D eigenvalue weighted by Crippen LogP contribution is 2.21. The maximum Gasteiger partial charge on any atom is 0.298 e. The van der Waals surface area contributed by atoms with Crippen LogP contribution in [-0.2, 0) is 0 Å². The van der Waals surface area contributed by atoms with Crippen LogP contribution in [0, 0.1) is 13.8 Å². The first-order valence-electron chi connectivity index (χ1n) is 7.97. The standard InChI is InChI=1S/C20H16BrN3O/c1-13-3-4-15(11-14(13)2)18-12-23-9-10-24(20(25)19(23)22-18)17-7-5-16(21)6-8-17/h3-12H,1-2H3. The van der Waals surface area contributed by atoms with Crippen molar-refractivity contribution in [3.63, 3.8) is 0 Å². The average molecular weight is 394 g/mol. The molecule has 4 nitrogen and oxygen atoms in total. The van der Waals surface area contributed by atoms with Crippen LogP contribution in [0.1, 0.15) is 11.1 Å². The van der Waals surface area contributed by atoms with Crippen molar-refractivity contribution in [1.82, 2.24) is 14.0 Å². The summed E-state index contributed by atoms with van der Waals surface area (Å²) in [6.45, 7) is 4.16. The van der Waals surface area contributed by atoms with E-state index in [-0.39, 0.29) is 5.56 Å². The summed E-state index contributed by atoms with van der Waals surface area (Å²) in [6.07, 6.45) is 5.52. The molecule has 4 rings (SSSR count). The summed E-state index contributed by atoms with van der Waals surface area (Å²) in [6, 6.07) is 13.8. The summed E-state index contributed by atoms with van der Waals surface area (Å²) in [5.74, 6) is 0. The van der Waals surface area contributed by atoms with Gasteiger partial charge in [-0.1, -0.05) is 28.1 Å². The maximum atomic E-state index is 12.8. The first kappa shape index (κ1) is 15.8. The summed E-state index contributed by atoms with van der Waals surface area (Å²) >= 11 is 3.41. The molecule has 2 heterocycles. The highest BCUT2D eigenvalue weighted by atomic mass is 79.9.